The van der Waals surface area contributed by atoms with E-state index in [1.54, 1.807) is 0 Å². The van der Waals surface area contributed by atoms with Gasteiger partial charge in [-0.2, -0.15) is 13.2 Å². The molecule has 0 aromatic heterocycles. The summed E-state index contributed by atoms with van der Waals surface area (Å²) in [6.07, 6.45) is -2.96. The van der Waals surface area contributed by atoms with Gasteiger partial charge in [-0.1, -0.05) is 15.9 Å². The van der Waals surface area contributed by atoms with Gasteiger partial charge in [0, 0.05) is 11.0 Å². The van der Waals surface area contributed by atoms with Gasteiger partial charge in [-0.15, -0.1) is 0 Å². The lowest BCUT2D eigenvalue weighted by Crippen LogP contribution is -2.37. The molecule has 20 heavy (non-hydrogen) atoms. The maximum Gasteiger partial charge on any atom is 0.418 e. The molecule has 0 aliphatic carbocycles. The van der Waals surface area contributed by atoms with Gasteiger partial charge in [-0.3, -0.25) is 4.79 Å². The fraction of sp³-hybridized carbons (Fsp3) is 0.462. The van der Waals surface area contributed by atoms with E-state index in [1.165, 1.54) is 12.1 Å². The van der Waals surface area contributed by atoms with Crippen LogP contribution in [-0.2, 0) is 11.0 Å². The molecule has 2 rings (SSSR count). The van der Waals surface area contributed by atoms with Crippen LogP contribution in [0.15, 0.2) is 22.7 Å². The summed E-state index contributed by atoms with van der Waals surface area (Å²) in [5, 5.41) is 5.46. The number of halogens is 4. The predicted molar refractivity (Wildman–Crippen MR) is 73.4 cm³/mol. The maximum atomic E-state index is 12.9. The molecule has 110 valence electrons. The smallest absolute Gasteiger partial charge is 0.325 e. The van der Waals surface area contributed by atoms with Crippen LogP contribution in [-0.4, -0.2) is 19.0 Å². The third-order valence-corrected chi connectivity index (χ3v) is 3.71. The molecule has 1 aliphatic heterocycles. The highest BCUT2D eigenvalue weighted by atomic mass is 79.9. The predicted octanol–water partition coefficient (Wildman–Crippen LogP) is 3.41. The average molecular weight is 351 g/mol. The monoisotopic (exact) mass is 350 g/mol. The van der Waals surface area contributed by atoms with E-state index in [0.717, 1.165) is 19.0 Å². The van der Waals surface area contributed by atoms with E-state index in [1.807, 2.05) is 0 Å². The van der Waals surface area contributed by atoms with Gasteiger partial charge >= 0.3 is 6.18 Å². The zero-order valence-corrected chi connectivity index (χ0v) is 12.1. The molecule has 1 aliphatic rings. The van der Waals surface area contributed by atoms with E-state index in [-0.39, 0.29) is 17.5 Å². The molecule has 7 heteroatoms. The van der Waals surface area contributed by atoms with Crippen molar-refractivity contribution in [3.63, 3.8) is 0 Å². The normalized spacial score (nSPS) is 19.7. The molecular formula is C13H14BrF3N2O. The quantitative estimate of drug-likeness (QED) is 0.858. The Morgan fingerprint density at radius 3 is 2.75 bits per heavy atom. The van der Waals surface area contributed by atoms with Crippen molar-refractivity contribution in [1.29, 1.82) is 0 Å². The second kappa shape index (κ2) is 6.13. The van der Waals surface area contributed by atoms with Crippen molar-refractivity contribution in [2.75, 3.05) is 18.4 Å². The first-order valence-electron chi connectivity index (χ1n) is 6.26. The van der Waals surface area contributed by atoms with Gasteiger partial charge in [0.15, 0.2) is 0 Å². The van der Waals surface area contributed by atoms with Gasteiger partial charge in [0.2, 0.25) is 5.91 Å². The van der Waals surface area contributed by atoms with Crippen molar-refractivity contribution in [2.45, 2.75) is 19.0 Å². The van der Waals surface area contributed by atoms with Crippen LogP contribution in [0.25, 0.3) is 0 Å². The van der Waals surface area contributed by atoms with Gasteiger partial charge in [-0.05, 0) is 37.6 Å². The van der Waals surface area contributed by atoms with Gasteiger partial charge in [0.05, 0.1) is 17.2 Å². The summed E-state index contributed by atoms with van der Waals surface area (Å²) in [5.74, 6) is -0.654. The molecule has 1 fully saturated rings. The van der Waals surface area contributed by atoms with E-state index in [2.05, 4.69) is 26.6 Å². The van der Waals surface area contributed by atoms with E-state index < -0.39 is 11.7 Å². The van der Waals surface area contributed by atoms with Crippen molar-refractivity contribution < 1.29 is 18.0 Å². The van der Waals surface area contributed by atoms with Gasteiger partial charge in [0.1, 0.15) is 0 Å². The number of piperidine rings is 1. The Hall–Kier alpha value is -1.08. The second-order valence-corrected chi connectivity index (χ2v) is 5.64. The van der Waals surface area contributed by atoms with Crippen LogP contribution in [0.2, 0.25) is 0 Å². The third-order valence-electron chi connectivity index (χ3n) is 3.21. The van der Waals surface area contributed by atoms with Crippen molar-refractivity contribution in [3.05, 3.63) is 28.2 Å². The van der Waals surface area contributed by atoms with Crippen LogP contribution in [0, 0.1) is 5.92 Å². The Labute approximate surface area is 123 Å². The topological polar surface area (TPSA) is 41.1 Å². The minimum absolute atomic E-state index is 0.198. The SMILES string of the molecule is O=C(Nc1ccc(Br)cc1C(F)(F)F)[C@@H]1CCCNC1. The summed E-state index contributed by atoms with van der Waals surface area (Å²) in [6.45, 7) is 1.35. The fourth-order valence-electron chi connectivity index (χ4n) is 2.17. The fourth-order valence-corrected chi connectivity index (χ4v) is 2.53. The molecule has 1 saturated heterocycles. The van der Waals surface area contributed by atoms with Crippen LogP contribution >= 0.6 is 15.9 Å². The number of alkyl halides is 3. The molecule has 0 bridgehead atoms. The minimum atomic E-state index is -4.50. The first kappa shape index (κ1) is 15.3. The van der Waals surface area contributed by atoms with Crippen molar-refractivity contribution >= 4 is 27.5 Å². The summed E-state index contributed by atoms with van der Waals surface area (Å²) in [5.41, 5.74) is -1.04. The van der Waals surface area contributed by atoms with E-state index in [0.29, 0.717) is 17.4 Å². The highest BCUT2D eigenvalue weighted by Gasteiger charge is 2.34. The number of rotatable bonds is 2. The van der Waals surface area contributed by atoms with E-state index >= 15 is 0 Å². The minimum Gasteiger partial charge on any atom is -0.325 e. The van der Waals surface area contributed by atoms with Gasteiger partial charge in [-0.25, -0.2) is 0 Å². The summed E-state index contributed by atoms with van der Waals surface area (Å²) < 4.78 is 39.1. The van der Waals surface area contributed by atoms with E-state index in [9.17, 15) is 18.0 Å². The van der Waals surface area contributed by atoms with Crippen LogP contribution < -0.4 is 10.6 Å². The Bertz CT molecular complexity index is 499. The lowest BCUT2D eigenvalue weighted by atomic mass is 9.98. The van der Waals surface area contributed by atoms with Gasteiger partial charge < -0.3 is 10.6 Å². The number of hydrogen-bond acceptors (Lipinski definition) is 2. The van der Waals surface area contributed by atoms with Crippen molar-refractivity contribution in [3.8, 4) is 0 Å². The van der Waals surface area contributed by atoms with Crippen LogP contribution in [0.1, 0.15) is 18.4 Å². The van der Waals surface area contributed by atoms with Crippen LogP contribution in [0.5, 0.6) is 0 Å². The Morgan fingerprint density at radius 1 is 1.40 bits per heavy atom. The highest BCUT2D eigenvalue weighted by Crippen LogP contribution is 2.36. The number of nitrogens with one attached hydrogen (secondary N) is 2. The molecule has 2 N–H and O–H groups in total. The zero-order chi connectivity index (χ0) is 14.8. The zero-order valence-electron chi connectivity index (χ0n) is 10.6. The maximum absolute atomic E-state index is 12.9. The van der Waals surface area contributed by atoms with Crippen LogP contribution in [0.3, 0.4) is 0 Å². The lowest BCUT2D eigenvalue weighted by molar-refractivity contribution is -0.137. The molecule has 1 aromatic carbocycles. The molecule has 0 spiro atoms. The number of carbonyl (C=O) groups excluding carboxylic acids is 1. The molecule has 1 atom stereocenters. The summed E-state index contributed by atoms with van der Waals surface area (Å²) in [4.78, 5) is 12.0. The Morgan fingerprint density at radius 2 is 2.15 bits per heavy atom. The molecule has 1 aromatic rings. The second-order valence-electron chi connectivity index (χ2n) is 4.72. The van der Waals surface area contributed by atoms with Crippen LogP contribution in [0.4, 0.5) is 18.9 Å². The molecular weight excluding hydrogens is 337 g/mol. The average Bonchev–Trinajstić information content (AvgIpc) is 2.40. The summed E-state index contributed by atoms with van der Waals surface area (Å²) >= 11 is 3.01. The number of amides is 1. The Balaban J connectivity index is 2.18. The number of carbonyl (C=O) groups is 1. The molecule has 0 saturated carbocycles. The van der Waals surface area contributed by atoms with Crippen molar-refractivity contribution in [2.24, 2.45) is 5.92 Å². The van der Waals surface area contributed by atoms with E-state index in [4.69, 9.17) is 0 Å². The first-order valence-corrected chi connectivity index (χ1v) is 7.05. The largest absolute Gasteiger partial charge is 0.418 e. The molecule has 0 radical (unpaired) electrons. The summed E-state index contributed by atoms with van der Waals surface area (Å²) in [7, 11) is 0. The molecule has 0 unspecified atom stereocenters. The molecule has 3 nitrogen and oxygen atoms in total. The highest BCUT2D eigenvalue weighted by molar-refractivity contribution is 9.10. The first-order chi connectivity index (χ1) is 9.38. The third kappa shape index (κ3) is 3.73. The molecule has 1 heterocycles. The van der Waals surface area contributed by atoms with Crippen molar-refractivity contribution in [1.82, 2.24) is 5.32 Å². The number of benzene rings is 1. The number of anilines is 1. The number of hydrogen-bond donors (Lipinski definition) is 2. The summed E-state index contributed by atoms with van der Waals surface area (Å²) in [6, 6.07) is 3.71. The lowest BCUT2D eigenvalue weighted by Gasteiger charge is -2.23. The molecule has 1 amide bonds. The Kier molecular flexibility index (Phi) is 4.70. The van der Waals surface area contributed by atoms with Gasteiger partial charge in [0.25, 0.3) is 0 Å². The standard InChI is InChI=1S/C13H14BrF3N2O/c14-9-3-4-11(10(6-9)13(15,16)17)19-12(20)8-2-1-5-18-7-8/h3-4,6,8,18H,1-2,5,7H2,(H,19,20)/t8-/m1/s1.